The van der Waals surface area contributed by atoms with Crippen LogP contribution < -0.4 is 5.73 Å². The minimum Gasteiger partial charge on any atom is -0.327 e. The fourth-order valence-corrected chi connectivity index (χ4v) is 4.21. The Kier molecular flexibility index (Phi) is 0.893. The molecule has 0 saturated heterocycles. The Bertz CT molecular complexity index is 189. The number of fused-ring (bicyclic) bond motifs is 5. The third kappa shape index (κ3) is 0.516. The first-order chi connectivity index (χ1) is 5.14. The average molecular weight is 151 g/mol. The van der Waals surface area contributed by atoms with E-state index in [1.807, 2.05) is 0 Å². The van der Waals surface area contributed by atoms with E-state index >= 15 is 0 Å². The molecular weight excluding hydrogens is 134 g/mol. The summed E-state index contributed by atoms with van der Waals surface area (Å²) in [7, 11) is 0. The predicted octanol–water partition coefficient (Wildman–Crippen LogP) is 1.63. The lowest BCUT2D eigenvalue weighted by molar-refractivity contribution is 0.209. The highest BCUT2D eigenvalue weighted by molar-refractivity contribution is 5.21. The van der Waals surface area contributed by atoms with Gasteiger partial charge in [-0.25, -0.2) is 0 Å². The summed E-state index contributed by atoms with van der Waals surface area (Å²) in [6.07, 6.45) is 2.93. The summed E-state index contributed by atoms with van der Waals surface area (Å²) in [6.45, 7) is 4.91. The second-order valence-corrected chi connectivity index (χ2v) is 5.34. The summed E-state index contributed by atoms with van der Waals surface area (Å²) in [5.41, 5.74) is 6.66. The molecule has 3 fully saturated rings. The van der Waals surface area contributed by atoms with Crippen LogP contribution in [0.4, 0.5) is 0 Å². The molecule has 0 heterocycles. The van der Waals surface area contributed by atoms with Crippen LogP contribution in [-0.2, 0) is 0 Å². The molecule has 0 radical (unpaired) electrons. The molecule has 0 aromatic carbocycles. The molecule has 62 valence electrons. The van der Waals surface area contributed by atoms with Crippen molar-refractivity contribution in [1.29, 1.82) is 0 Å². The zero-order valence-corrected chi connectivity index (χ0v) is 7.38. The van der Waals surface area contributed by atoms with Crippen LogP contribution in [0.15, 0.2) is 0 Å². The molecule has 0 spiro atoms. The molecule has 4 atom stereocenters. The maximum Gasteiger partial charge on any atom is 0.0108 e. The summed E-state index contributed by atoms with van der Waals surface area (Å²) >= 11 is 0. The lowest BCUT2D eigenvalue weighted by Crippen LogP contribution is -2.27. The topological polar surface area (TPSA) is 26.0 Å². The Balaban J connectivity index is 2.00. The fourth-order valence-electron chi connectivity index (χ4n) is 4.21. The first-order valence-electron chi connectivity index (χ1n) is 4.89. The molecule has 0 aromatic heterocycles. The van der Waals surface area contributed by atoms with Crippen molar-refractivity contribution in [1.82, 2.24) is 0 Å². The van der Waals surface area contributed by atoms with E-state index in [2.05, 4.69) is 13.8 Å². The largest absolute Gasteiger partial charge is 0.327 e. The maximum absolute atomic E-state index is 6.01. The number of hydrogen-bond acceptors (Lipinski definition) is 1. The van der Waals surface area contributed by atoms with E-state index in [9.17, 15) is 0 Å². The van der Waals surface area contributed by atoms with Gasteiger partial charge in [0.15, 0.2) is 0 Å². The van der Waals surface area contributed by atoms with Crippen LogP contribution in [0.25, 0.3) is 0 Å². The van der Waals surface area contributed by atoms with Crippen LogP contribution in [0.1, 0.15) is 26.7 Å². The van der Waals surface area contributed by atoms with E-state index in [1.165, 1.54) is 12.8 Å². The fraction of sp³-hybridized carbons (Fsp3) is 1.00. The van der Waals surface area contributed by atoms with Crippen molar-refractivity contribution in [2.24, 2.45) is 34.8 Å². The molecule has 3 aliphatic rings. The molecule has 0 amide bonds. The molecule has 0 aromatic rings. The van der Waals surface area contributed by atoms with Gasteiger partial charge in [0.25, 0.3) is 0 Å². The third-order valence-electron chi connectivity index (χ3n) is 4.82. The molecular formula is C10H17N. The van der Waals surface area contributed by atoms with E-state index in [1.54, 1.807) is 0 Å². The van der Waals surface area contributed by atoms with Gasteiger partial charge in [-0.2, -0.15) is 0 Å². The zero-order chi connectivity index (χ0) is 7.80. The molecule has 11 heavy (non-hydrogen) atoms. The Morgan fingerprint density at radius 3 is 1.91 bits per heavy atom. The smallest absolute Gasteiger partial charge is 0.0108 e. The molecule has 2 bridgehead atoms. The third-order valence-corrected chi connectivity index (χ3v) is 4.82. The second kappa shape index (κ2) is 1.52. The van der Waals surface area contributed by atoms with Crippen LogP contribution in [0.3, 0.4) is 0 Å². The van der Waals surface area contributed by atoms with Crippen LogP contribution in [0.5, 0.6) is 0 Å². The minimum atomic E-state index is 0.598. The van der Waals surface area contributed by atoms with Gasteiger partial charge in [0.2, 0.25) is 0 Å². The van der Waals surface area contributed by atoms with Crippen LogP contribution in [-0.4, -0.2) is 6.04 Å². The average Bonchev–Trinajstić information content (AvgIpc) is 2.45. The lowest BCUT2D eigenvalue weighted by atomic mass is 9.77. The van der Waals surface area contributed by atoms with Crippen molar-refractivity contribution in [2.45, 2.75) is 32.7 Å². The zero-order valence-electron chi connectivity index (χ0n) is 7.38. The van der Waals surface area contributed by atoms with Crippen LogP contribution in [0, 0.1) is 29.1 Å². The standard InChI is InChI=1S/C10H17N/c1-10(2)5-3-4-6(10)8-7(5)9(8)11/h5-9H,3-4,11H2,1-2H3. The quantitative estimate of drug-likeness (QED) is 0.559. The van der Waals surface area contributed by atoms with Crippen molar-refractivity contribution >= 4 is 0 Å². The van der Waals surface area contributed by atoms with Crippen molar-refractivity contribution in [3.05, 3.63) is 0 Å². The lowest BCUT2D eigenvalue weighted by Gasteiger charge is -2.28. The minimum absolute atomic E-state index is 0.598. The molecule has 1 nitrogen and oxygen atoms in total. The summed E-state index contributed by atoms with van der Waals surface area (Å²) < 4.78 is 0. The highest BCUT2D eigenvalue weighted by atomic mass is 14.9. The second-order valence-electron chi connectivity index (χ2n) is 5.34. The monoisotopic (exact) mass is 151 g/mol. The number of rotatable bonds is 0. The van der Waals surface area contributed by atoms with Gasteiger partial charge in [0.1, 0.15) is 0 Å². The number of nitrogens with two attached hydrogens (primary N) is 1. The first kappa shape index (κ1) is 6.47. The molecule has 3 rings (SSSR count). The Morgan fingerprint density at radius 2 is 1.55 bits per heavy atom. The van der Waals surface area contributed by atoms with E-state index in [-0.39, 0.29) is 0 Å². The number of hydrogen-bond donors (Lipinski definition) is 1. The van der Waals surface area contributed by atoms with Crippen LogP contribution >= 0.6 is 0 Å². The SMILES string of the molecule is CC1(C)C2CCC1C1C(N)C12. The summed E-state index contributed by atoms with van der Waals surface area (Å²) in [5, 5.41) is 0. The molecule has 3 aliphatic carbocycles. The first-order valence-corrected chi connectivity index (χ1v) is 4.89. The molecule has 2 N–H and O–H groups in total. The normalized spacial score (nSPS) is 63.0. The van der Waals surface area contributed by atoms with Crippen LogP contribution in [0.2, 0.25) is 0 Å². The highest BCUT2D eigenvalue weighted by Crippen LogP contribution is 2.72. The van der Waals surface area contributed by atoms with Crippen molar-refractivity contribution in [2.75, 3.05) is 0 Å². The predicted molar refractivity (Wildman–Crippen MR) is 45.0 cm³/mol. The summed E-state index contributed by atoms with van der Waals surface area (Å²) in [6, 6.07) is 0.598. The van der Waals surface area contributed by atoms with E-state index in [0.717, 1.165) is 23.7 Å². The van der Waals surface area contributed by atoms with Gasteiger partial charge >= 0.3 is 0 Å². The van der Waals surface area contributed by atoms with Gasteiger partial charge in [0.05, 0.1) is 0 Å². The molecule has 1 heteroatoms. The van der Waals surface area contributed by atoms with E-state index in [0.29, 0.717) is 11.5 Å². The van der Waals surface area contributed by atoms with Gasteiger partial charge in [0, 0.05) is 6.04 Å². The molecule has 0 aliphatic heterocycles. The van der Waals surface area contributed by atoms with Gasteiger partial charge in [-0.15, -0.1) is 0 Å². The Morgan fingerprint density at radius 1 is 1.09 bits per heavy atom. The van der Waals surface area contributed by atoms with E-state index < -0.39 is 0 Å². The van der Waals surface area contributed by atoms with Gasteiger partial charge in [-0.1, -0.05) is 13.8 Å². The van der Waals surface area contributed by atoms with Gasteiger partial charge < -0.3 is 5.73 Å². The van der Waals surface area contributed by atoms with E-state index in [4.69, 9.17) is 5.73 Å². The van der Waals surface area contributed by atoms with Crippen molar-refractivity contribution < 1.29 is 0 Å². The van der Waals surface area contributed by atoms with Crippen molar-refractivity contribution in [3.63, 3.8) is 0 Å². The summed E-state index contributed by atoms with van der Waals surface area (Å²) in [4.78, 5) is 0. The summed E-state index contributed by atoms with van der Waals surface area (Å²) in [5.74, 6) is 3.83. The molecule has 4 unspecified atom stereocenters. The van der Waals surface area contributed by atoms with Gasteiger partial charge in [-0.05, 0) is 41.9 Å². The molecule has 3 saturated carbocycles. The Hall–Kier alpha value is -0.0400. The van der Waals surface area contributed by atoms with Gasteiger partial charge in [-0.3, -0.25) is 0 Å². The maximum atomic E-state index is 6.01. The Labute approximate surface area is 68.3 Å². The van der Waals surface area contributed by atoms with Crippen molar-refractivity contribution in [3.8, 4) is 0 Å². The highest BCUT2D eigenvalue weighted by Gasteiger charge is 2.70.